The Labute approximate surface area is 197 Å². The minimum atomic E-state index is -0.413. The molecule has 0 fully saturated rings. The maximum atomic E-state index is 13.9. The van der Waals surface area contributed by atoms with Crippen molar-refractivity contribution in [1.29, 1.82) is 0 Å². The molecule has 0 atom stereocenters. The van der Waals surface area contributed by atoms with Gasteiger partial charge in [0, 0.05) is 23.3 Å². The second-order valence-electron chi connectivity index (χ2n) is 7.63. The molecule has 5 aromatic rings. The first kappa shape index (κ1) is 21.7. The number of aryl methyl sites for hydroxylation is 2. The number of nitrogens with zero attached hydrogens (tertiary/aromatic N) is 3. The Balaban J connectivity index is 1.33. The van der Waals surface area contributed by atoms with Gasteiger partial charge in [0.15, 0.2) is 11.7 Å². The van der Waals surface area contributed by atoms with E-state index < -0.39 is 11.7 Å². The molecule has 1 amide bonds. The summed E-state index contributed by atoms with van der Waals surface area (Å²) in [6.45, 7) is 1.95. The van der Waals surface area contributed by atoms with Crippen LogP contribution in [0.4, 0.5) is 4.39 Å². The summed E-state index contributed by atoms with van der Waals surface area (Å²) in [4.78, 5) is 35.8. The van der Waals surface area contributed by atoms with Crippen molar-refractivity contribution in [3.8, 4) is 22.5 Å². The fourth-order valence-electron chi connectivity index (χ4n) is 3.76. The number of fused-ring (bicyclic) bond motifs is 1. The number of hydrogen-bond donors (Lipinski definition) is 1. The molecule has 2 aromatic carbocycles. The molecule has 0 aliphatic rings. The van der Waals surface area contributed by atoms with Gasteiger partial charge in [-0.25, -0.2) is 19.0 Å². The lowest BCUT2D eigenvalue weighted by atomic mass is 10.0. The number of carbonyl (C=O) groups is 1. The Morgan fingerprint density at radius 2 is 1.88 bits per heavy atom. The average molecular weight is 475 g/mol. The summed E-state index contributed by atoms with van der Waals surface area (Å²) < 4.78 is 20.6. The monoisotopic (exact) mass is 474 g/mol. The van der Waals surface area contributed by atoms with Crippen LogP contribution in [0.1, 0.15) is 17.2 Å². The molecule has 1 N–H and O–H groups in total. The Hall–Kier alpha value is -4.11. The van der Waals surface area contributed by atoms with Gasteiger partial charge in [0.1, 0.15) is 17.0 Å². The molecular weight excluding hydrogens is 455 g/mol. The molecule has 3 aromatic heterocycles. The molecule has 0 saturated carbocycles. The summed E-state index contributed by atoms with van der Waals surface area (Å²) in [6, 6.07) is 15.8. The average Bonchev–Trinajstić information content (AvgIpc) is 3.45. The zero-order valence-corrected chi connectivity index (χ0v) is 18.9. The van der Waals surface area contributed by atoms with Crippen LogP contribution in [0.2, 0.25) is 0 Å². The van der Waals surface area contributed by atoms with Crippen molar-refractivity contribution in [2.24, 2.45) is 0 Å². The van der Waals surface area contributed by atoms with Gasteiger partial charge in [-0.1, -0.05) is 42.5 Å². The van der Waals surface area contributed by atoms with E-state index in [4.69, 9.17) is 4.42 Å². The van der Waals surface area contributed by atoms with Crippen LogP contribution in [0.25, 0.3) is 32.7 Å². The number of carbonyl (C=O) groups excluding carboxylic acids is 1. The van der Waals surface area contributed by atoms with E-state index in [2.05, 4.69) is 15.4 Å². The molecule has 0 radical (unpaired) electrons. The Bertz CT molecular complexity index is 1560. The van der Waals surface area contributed by atoms with E-state index in [1.807, 2.05) is 37.3 Å². The number of thiophene rings is 1. The molecule has 34 heavy (non-hydrogen) atoms. The van der Waals surface area contributed by atoms with E-state index in [1.54, 1.807) is 18.2 Å². The third-order valence-electron chi connectivity index (χ3n) is 5.36. The number of halogens is 1. The van der Waals surface area contributed by atoms with Crippen molar-refractivity contribution in [1.82, 2.24) is 14.6 Å². The summed E-state index contributed by atoms with van der Waals surface area (Å²) in [5.74, 6) is -0.222. The van der Waals surface area contributed by atoms with Crippen LogP contribution in [0.3, 0.4) is 0 Å². The predicted octanol–water partition coefficient (Wildman–Crippen LogP) is 4.93. The zero-order valence-electron chi connectivity index (χ0n) is 18.1. The smallest absolute Gasteiger partial charge is 0.281 e. The first-order chi connectivity index (χ1) is 16.5. The minimum absolute atomic E-state index is 0.0237. The highest BCUT2D eigenvalue weighted by Gasteiger charge is 2.18. The molecule has 7 nitrogen and oxygen atoms in total. The number of nitrogens with one attached hydrogen (secondary N) is 1. The number of benzene rings is 2. The highest BCUT2D eigenvalue weighted by atomic mass is 32.1. The van der Waals surface area contributed by atoms with Crippen molar-refractivity contribution in [2.75, 3.05) is 5.43 Å². The number of rotatable bonds is 6. The lowest BCUT2D eigenvalue weighted by molar-refractivity contribution is -0.117. The maximum Gasteiger partial charge on any atom is 0.281 e. The highest BCUT2D eigenvalue weighted by Crippen LogP contribution is 2.35. The summed E-state index contributed by atoms with van der Waals surface area (Å²) in [7, 11) is 0. The van der Waals surface area contributed by atoms with Gasteiger partial charge >= 0.3 is 0 Å². The fourth-order valence-corrected chi connectivity index (χ4v) is 4.76. The van der Waals surface area contributed by atoms with Gasteiger partial charge in [0.05, 0.1) is 17.1 Å². The lowest BCUT2D eigenvalue weighted by Gasteiger charge is -2.08. The van der Waals surface area contributed by atoms with Gasteiger partial charge in [0.2, 0.25) is 5.91 Å². The van der Waals surface area contributed by atoms with Gasteiger partial charge in [-0.05, 0) is 24.6 Å². The Morgan fingerprint density at radius 3 is 2.68 bits per heavy atom. The Morgan fingerprint density at radius 1 is 1.12 bits per heavy atom. The quantitative estimate of drug-likeness (QED) is 0.377. The summed E-state index contributed by atoms with van der Waals surface area (Å²) in [5.41, 5.74) is 4.28. The van der Waals surface area contributed by atoms with E-state index in [-0.39, 0.29) is 18.4 Å². The summed E-state index contributed by atoms with van der Waals surface area (Å²) in [6.07, 6.45) is 2.96. The van der Waals surface area contributed by atoms with Crippen LogP contribution in [-0.4, -0.2) is 20.6 Å². The summed E-state index contributed by atoms with van der Waals surface area (Å²) >= 11 is 1.44. The van der Waals surface area contributed by atoms with Gasteiger partial charge in [0.25, 0.3) is 5.56 Å². The standard InChI is InChI=1S/C25H19FN4O3S/c1-15-22(16-7-3-2-4-8-16)23-24(34-15)28-14-30(25(23)32)29-20(31)11-12-21-27-13-19(33-21)17-9-5-6-10-18(17)26/h2-10,13-14H,11-12H2,1H3,(H,29,31). The van der Waals surface area contributed by atoms with E-state index in [0.29, 0.717) is 27.4 Å². The van der Waals surface area contributed by atoms with E-state index in [9.17, 15) is 14.0 Å². The number of oxazole rings is 1. The molecule has 5 rings (SSSR count). The molecule has 0 spiro atoms. The van der Waals surface area contributed by atoms with Crippen LogP contribution < -0.4 is 11.0 Å². The first-order valence-electron chi connectivity index (χ1n) is 10.6. The molecule has 0 saturated heterocycles. The molecule has 0 bridgehead atoms. The number of aromatic nitrogens is 3. The molecule has 9 heteroatoms. The maximum absolute atomic E-state index is 13.9. The molecule has 0 unspecified atom stereocenters. The number of hydrogen-bond acceptors (Lipinski definition) is 6. The summed E-state index contributed by atoms with van der Waals surface area (Å²) in [5, 5.41) is 0.471. The van der Waals surface area contributed by atoms with E-state index in [0.717, 1.165) is 20.7 Å². The molecule has 170 valence electrons. The second kappa shape index (κ2) is 9.03. The minimum Gasteiger partial charge on any atom is -0.441 e. The number of amides is 1. The van der Waals surface area contributed by atoms with Crippen LogP contribution in [0.15, 0.2) is 76.3 Å². The van der Waals surface area contributed by atoms with Crippen LogP contribution in [0, 0.1) is 12.7 Å². The largest absolute Gasteiger partial charge is 0.441 e. The van der Waals surface area contributed by atoms with E-state index in [1.165, 1.54) is 29.9 Å². The van der Waals surface area contributed by atoms with Crippen LogP contribution >= 0.6 is 11.3 Å². The second-order valence-corrected chi connectivity index (χ2v) is 8.84. The fraction of sp³-hybridized carbons (Fsp3) is 0.120. The van der Waals surface area contributed by atoms with Gasteiger partial charge in [-0.2, -0.15) is 0 Å². The van der Waals surface area contributed by atoms with Crippen LogP contribution in [0.5, 0.6) is 0 Å². The third-order valence-corrected chi connectivity index (χ3v) is 6.37. The Kier molecular flexibility index (Phi) is 5.77. The molecule has 0 aliphatic heterocycles. The molecular formula is C25H19FN4O3S. The van der Waals surface area contributed by atoms with Gasteiger partial charge in [-0.15, -0.1) is 11.3 Å². The predicted molar refractivity (Wildman–Crippen MR) is 129 cm³/mol. The van der Waals surface area contributed by atoms with Crippen molar-refractivity contribution in [3.63, 3.8) is 0 Å². The first-order valence-corrected chi connectivity index (χ1v) is 11.4. The molecule has 3 heterocycles. The highest BCUT2D eigenvalue weighted by molar-refractivity contribution is 7.19. The SMILES string of the molecule is Cc1sc2ncn(NC(=O)CCc3ncc(-c4ccccc4F)o3)c(=O)c2c1-c1ccccc1. The van der Waals surface area contributed by atoms with Crippen LogP contribution in [-0.2, 0) is 11.2 Å². The third kappa shape index (κ3) is 4.13. The van der Waals surface area contributed by atoms with Gasteiger partial charge in [-0.3, -0.25) is 15.0 Å². The zero-order chi connectivity index (χ0) is 23.7. The van der Waals surface area contributed by atoms with E-state index >= 15 is 0 Å². The van der Waals surface area contributed by atoms with Crippen molar-refractivity contribution in [3.05, 3.63) is 94.1 Å². The van der Waals surface area contributed by atoms with Crippen molar-refractivity contribution in [2.45, 2.75) is 19.8 Å². The normalized spacial score (nSPS) is 11.1. The molecule has 0 aliphatic carbocycles. The lowest BCUT2D eigenvalue weighted by Crippen LogP contribution is -2.33. The topological polar surface area (TPSA) is 90.0 Å². The van der Waals surface area contributed by atoms with Gasteiger partial charge < -0.3 is 4.42 Å². The van der Waals surface area contributed by atoms with Crippen molar-refractivity contribution < 1.29 is 13.6 Å². The van der Waals surface area contributed by atoms with Crippen molar-refractivity contribution >= 4 is 27.5 Å².